The second-order valence-corrected chi connectivity index (χ2v) is 6.80. The highest BCUT2D eigenvalue weighted by molar-refractivity contribution is 6.31. The van der Waals surface area contributed by atoms with E-state index >= 15 is 0 Å². The van der Waals surface area contributed by atoms with Crippen molar-refractivity contribution in [2.24, 2.45) is 0 Å². The highest BCUT2D eigenvalue weighted by Crippen LogP contribution is 2.36. The topological polar surface area (TPSA) is 50.8 Å². The number of ether oxygens (including phenoxy) is 2. The third-order valence-corrected chi connectivity index (χ3v) is 5.07. The number of carbonyl (C=O) groups excluding carboxylic acids is 1. The quantitative estimate of drug-likeness (QED) is 0.729. The fraction of sp³-hybridized carbons (Fsp3) is 0.611. The summed E-state index contributed by atoms with van der Waals surface area (Å²) in [6.45, 7) is 4.86. The molecule has 2 heterocycles. The lowest BCUT2D eigenvalue weighted by Gasteiger charge is -2.25. The number of likely N-dealkylation sites (tertiary alicyclic amines) is 1. The first-order valence-electron chi connectivity index (χ1n) is 8.77. The zero-order valence-electron chi connectivity index (χ0n) is 14.1. The molecule has 0 bridgehead atoms. The van der Waals surface area contributed by atoms with Crippen molar-refractivity contribution in [3.8, 4) is 11.5 Å². The number of unbranched alkanes of at least 4 members (excludes halogenated alkanes) is 1. The van der Waals surface area contributed by atoms with Crippen molar-refractivity contribution >= 4 is 17.5 Å². The third-order valence-electron chi connectivity index (χ3n) is 4.72. The van der Waals surface area contributed by atoms with Gasteiger partial charge in [0.25, 0.3) is 0 Å². The lowest BCUT2D eigenvalue weighted by molar-refractivity contribution is -0.129. The maximum Gasteiger partial charge on any atom is 0.231 e. The molecule has 0 unspecified atom stereocenters. The van der Waals surface area contributed by atoms with Crippen LogP contribution < -0.4 is 14.8 Å². The number of carbonyl (C=O) groups is 1. The molecule has 2 aliphatic rings. The van der Waals surface area contributed by atoms with E-state index < -0.39 is 0 Å². The average molecular weight is 353 g/mol. The summed E-state index contributed by atoms with van der Waals surface area (Å²) in [7, 11) is 0. The Kier molecular flexibility index (Phi) is 5.85. The van der Waals surface area contributed by atoms with Crippen LogP contribution in [0.15, 0.2) is 12.1 Å². The number of nitrogens with one attached hydrogen (secondary N) is 1. The second kappa shape index (κ2) is 8.08. The smallest absolute Gasteiger partial charge is 0.231 e. The lowest BCUT2D eigenvalue weighted by Crippen LogP contribution is -2.35. The van der Waals surface area contributed by atoms with E-state index in [0.717, 1.165) is 50.1 Å². The summed E-state index contributed by atoms with van der Waals surface area (Å²) in [6, 6.07) is 4.12. The normalized spacial score (nSPS) is 19.3. The van der Waals surface area contributed by atoms with E-state index in [4.69, 9.17) is 21.1 Å². The Hall–Kier alpha value is -1.46. The summed E-state index contributed by atoms with van der Waals surface area (Å²) in [5.74, 6) is 1.77. The summed E-state index contributed by atoms with van der Waals surface area (Å²) >= 11 is 6.29. The molecule has 2 aliphatic heterocycles. The Morgan fingerprint density at radius 2 is 2.12 bits per heavy atom. The van der Waals surface area contributed by atoms with Crippen molar-refractivity contribution in [3.63, 3.8) is 0 Å². The van der Waals surface area contributed by atoms with Gasteiger partial charge in [0.2, 0.25) is 12.7 Å². The molecule has 0 aromatic heterocycles. The van der Waals surface area contributed by atoms with Gasteiger partial charge in [0.05, 0.1) is 0 Å². The molecule has 1 atom stereocenters. The van der Waals surface area contributed by atoms with Crippen molar-refractivity contribution in [1.29, 1.82) is 0 Å². The molecule has 3 rings (SSSR count). The molecule has 1 aromatic rings. The Balaban J connectivity index is 1.46. The highest BCUT2D eigenvalue weighted by atomic mass is 35.5. The van der Waals surface area contributed by atoms with Crippen LogP contribution in [0.25, 0.3) is 0 Å². The number of nitrogens with zero attached hydrogens (tertiary/aromatic N) is 1. The lowest BCUT2D eigenvalue weighted by atomic mass is 10.1. The molecule has 1 saturated heterocycles. The summed E-state index contributed by atoms with van der Waals surface area (Å²) in [5.41, 5.74) is 1.01. The van der Waals surface area contributed by atoms with Gasteiger partial charge in [0.1, 0.15) is 0 Å². The van der Waals surface area contributed by atoms with Crippen LogP contribution in [0.4, 0.5) is 0 Å². The molecule has 0 radical (unpaired) electrons. The van der Waals surface area contributed by atoms with Gasteiger partial charge < -0.3 is 19.7 Å². The average Bonchev–Trinajstić information content (AvgIpc) is 3.16. The van der Waals surface area contributed by atoms with E-state index in [1.807, 2.05) is 12.1 Å². The van der Waals surface area contributed by atoms with Crippen LogP contribution in [0.3, 0.4) is 0 Å². The van der Waals surface area contributed by atoms with Gasteiger partial charge in [-0.3, -0.25) is 4.79 Å². The fourth-order valence-corrected chi connectivity index (χ4v) is 3.54. The predicted octanol–water partition coefficient (Wildman–Crippen LogP) is 3.34. The molecular weight excluding hydrogens is 328 g/mol. The van der Waals surface area contributed by atoms with E-state index in [1.165, 1.54) is 0 Å². The molecule has 24 heavy (non-hydrogen) atoms. The van der Waals surface area contributed by atoms with E-state index in [1.54, 1.807) is 0 Å². The van der Waals surface area contributed by atoms with Crippen molar-refractivity contribution in [1.82, 2.24) is 10.2 Å². The van der Waals surface area contributed by atoms with E-state index in [-0.39, 0.29) is 6.79 Å². The van der Waals surface area contributed by atoms with Crippen LogP contribution >= 0.6 is 11.6 Å². The molecule has 1 aromatic carbocycles. The van der Waals surface area contributed by atoms with Crippen molar-refractivity contribution in [2.75, 3.05) is 19.9 Å². The maximum atomic E-state index is 12.0. The van der Waals surface area contributed by atoms with Crippen LogP contribution in [0.5, 0.6) is 11.5 Å². The number of hydrogen-bond donors (Lipinski definition) is 1. The Labute approximate surface area is 148 Å². The van der Waals surface area contributed by atoms with Crippen LogP contribution in [0.2, 0.25) is 5.02 Å². The summed E-state index contributed by atoms with van der Waals surface area (Å²) < 4.78 is 10.7. The van der Waals surface area contributed by atoms with Crippen molar-refractivity contribution in [2.45, 2.75) is 51.6 Å². The molecular formula is C18H25ClN2O3. The first-order chi connectivity index (χ1) is 11.7. The summed E-state index contributed by atoms with van der Waals surface area (Å²) in [6.07, 6.45) is 4.87. The minimum Gasteiger partial charge on any atom is -0.454 e. The highest BCUT2D eigenvalue weighted by Gasteiger charge is 2.29. The molecule has 5 nitrogen and oxygen atoms in total. The van der Waals surface area contributed by atoms with Gasteiger partial charge in [0, 0.05) is 36.6 Å². The van der Waals surface area contributed by atoms with E-state index in [0.29, 0.717) is 35.7 Å². The first kappa shape index (κ1) is 17.4. The number of hydrogen-bond acceptors (Lipinski definition) is 4. The number of benzene rings is 1. The van der Waals surface area contributed by atoms with Crippen LogP contribution in [-0.4, -0.2) is 36.7 Å². The Morgan fingerprint density at radius 1 is 1.33 bits per heavy atom. The van der Waals surface area contributed by atoms with Crippen LogP contribution in [0, 0.1) is 0 Å². The predicted molar refractivity (Wildman–Crippen MR) is 93.5 cm³/mol. The van der Waals surface area contributed by atoms with Gasteiger partial charge in [-0.1, -0.05) is 24.9 Å². The van der Waals surface area contributed by atoms with Crippen molar-refractivity contribution in [3.05, 3.63) is 22.7 Å². The Morgan fingerprint density at radius 3 is 2.92 bits per heavy atom. The van der Waals surface area contributed by atoms with Gasteiger partial charge in [-0.2, -0.15) is 0 Å². The van der Waals surface area contributed by atoms with Gasteiger partial charge >= 0.3 is 0 Å². The zero-order chi connectivity index (χ0) is 16.9. The number of amides is 1. The van der Waals surface area contributed by atoms with E-state index in [9.17, 15) is 4.79 Å². The summed E-state index contributed by atoms with van der Waals surface area (Å²) in [5, 5.41) is 4.12. The molecule has 1 N–H and O–H groups in total. The molecule has 1 amide bonds. The van der Waals surface area contributed by atoms with Crippen LogP contribution in [-0.2, 0) is 11.3 Å². The SMILES string of the molecule is CCCCN1C(=O)CC[C@H]1CCNCc1cc2c(cc1Cl)OCO2. The number of fused-ring (bicyclic) bond motifs is 1. The molecule has 1 fully saturated rings. The molecule has 6 heteroatoms. The standard InChI is InChI=1S/C18H25ClN2O3/c1-2-3-8-21-14(4-5-18(21)22)6-7-20-11-13-9-16-17(10-15(13)19)24-12-23-16/h9-10,14,20H,2-8,11-12H2,1H3/t14-/m0/s1. The molecule has 0 spiro atoms. The monoisotopic (exact) mass is 352 g/mol. The maximum absolute atomic E-state index is 12.0. The van der Waals surface area contributed by atoms with Gasteiger partial charge in [-0.05, 0) is 37.4 Å². The zero-order valence-corrected chi connectivity index (χ0v) is 14.9. The minimum absolute atomic E-state index is 0.256. The minimum atomic E-state index is 0.256. The van der Waals surface area contributed by atoms with E-state index in [2.05, 4.69) is 17.1 Å². The van der Waals surface area contributed by atoms with Gasteiger partial charge in [-0.25, -0.2) is 0 Å². The fourth-order valence-electron chi connectivity index (χ4n) is 3.32. The van der Waals surface area contributed by atoms with Crippen molar-refractivity contribution < 1.29 is 14.3 Å². The molecule has 132 valence electrons. The Bertz CT molecular complexity index is 594. The first-order valence-corrected chi connectivity index (χ1v) is 9.15. The largest absolute Gasteiger partial charge is 0.454 e. The number of rotatable bonds is 8. The molecule has 0 aliphatic carbocycles. The third kappa shape index (κ3) is 3.95. The summed E-state index contributed by atoms with van der Waals surface area (Å²) in [4.78, 5) is 14.0. The second-order valence-electron chi connectivity index (χ2n) is 6.40. The number of halogens is 1. The van der Waals surface area contributed by atoms with Crippen LogP contribution in [0.1, 0.15) is 44.6 Å². The molecule has 0 saturated carbocycles. The van der Waals surface area contributed by atoms with Gasteiger partial charge in [-0.15, -0.1) is 0 Å². The van der Waals surface area contributed by atoms with Gasteiger partial charge in [0.15, 0.2) is 11.5 Å².